The zero-order valence-corrected chi connectivity index (χ0v) is 41.8. The number of aromatic nitrogens is 2. The number of pyridine rings is 2. The molecule has 70 heavy (non-hydrogen) atoms. The molecule has 0 amide bonds. The SMILES string of the molecule is Cc1cc(N(c2ccc(N(C3CCCCC3)C3CCCCC3)cc2)c2ccccn2)c2ccc3c(C)cc(N(c4ccc(N(C5CCCCC5)C5CCCCC5)cc4)c4ccccn4)c4ccc1c2c34. The monoisotopic (exact) mass is 925 g/mol. The Hall–Kier alpha value is -6.14. The summed E-state index contributed by atoms with van der Waals surface area (Å²) in [6.07, 6.45) is 30.7. The minimum absolute atomic E-state index is 0.638. The Bertz CT molecular complexity index is 2760. The summed E-state index contributed by atoms with van der Waals surface area (Å²) in [6.45, 7) is 4.58. The molecule has 0 atom stereocenters. The summed E-state index contributed by atoms with van der Waals surface area (Å²) in [7, 11) is 0. The number of anilines is 8. The lowest BCUT2D eigenvalue weighted by Crippen LogP contribution is -2.45. The van der Waals surface area contributed by atoms with Gasteiger partial charge in [-0.25, -0.2) is 9.97 Å². The van der Waals surface area contributed by atoms with E-state index in [0.29, 0.717) is 24.2 Å². The second-order valence-electron chi connectivity index (χ2n) is 21.6. The van der Waals surface area contributed by atoms with E-state index in [1.54, 1.807) is 0 Å². The van der Waals surface area contributed by atoms with Crippen LogP contribution in [0.3, 0.4) is 0 Å². The maximum atomic E-state index is 5.06. The normalized spacial score (nSPS) is 17.9. The molecule has 12 rings (SSSR count). The second kappa shape index (κ2) is 19.9. The van der Waals surface area contributed by atoms with Crippen molar-refractivity contribution in [2.24, 2.45) is 0 Å². The minimum Gasteiger partial charge on any atom is -0.366 e. The maximum absolute atomic E-state index is 5.06. The van der Waals surface area contributed by atoms with Gasteiger partial charge in [0.2, 0.25) is 0 Å². The zero-order valence-electron chi connectivity index (χ0n) is 41.8. The van der Waals surface area contributed by atoms with Gasteiger partial charge in [-0.2, -0.15) is 0 Å². The maximum Gasteiger partial charge on any atom is 0.137 e. The molecule has 358 valence electrons. The van der Waals surface area contributed by atoms with E-state index in [0.717, 1.165) is 34.4 Å². The van der Waals surface area contributed by atoms with Gasteiger partial charge in [-0.3, -0.25) is 9.80 Å². The van der Waals surface area contributed by atoms with Crippen molar-refractivity contribution in [2.45, 2.75) is 166 Å². The van der Waals surface area contributed by atoms with Gasteiger partial charge < -0.3 is 9.80 Å². The summed E-state index contributed by atoms with van der Waals surface area (Å²) in [6, 6.07) is 48.7. The molecule has 0 spiro atoms. The number of benzene rings is 6. The third-order valence-electron chi connectivity index (χ3n) is 17.2. The van der Waals surface area contributed by atoms with Crippen LogP contribution < -0.4 is 19.6 Å². The van der Waals surface area contributed by atoms with Gasteiger partial charge in [-0.15, -0.1) is 0 Å². The molecule has 6 aromatic carbocycles. The minimum atomic E-state index is 0.638. The van der Waals surface area contributed by atoms with Crippen molar-refractivity contribution < 1.29 is 0 Å². The first-order valence-corrected chi connectivity index (χ1v) is 27.5. The number of hydrogen-bond donors (Lipinski definition) is 0. The van der Waals surface area contributed by atoms with Crippen LogP contribution in [-0.2, 0) is 0 Å². The molecule has 0 bridgehead atoms. The Morgan fingerprint density at radius 3 is 0.971 bits per heavy atom. The fraction of sp³-hybridized carbons (Fsp3) is 0.406. The Labute approximate surface area is 417 Å². The van der Waals surface area contributed by atoms with Gasteiger partial charge in [0.05, 0.1) is 11.4 Å². The fourth-order valence-corrected chi connectivity index (χ4v) is 13.9. The molecule has 6 heteroatoms. The average molecular weight is 925 g/mol. The quantitative estimate of drug-likeness (QED) is 0.114. The van der Waals surface area contributed by atoms with Gasteiger partial charge in [0.15, 0.2) is 0 Å². The summed E-state index contributed by atoms with van der Waals surface area (Å²) in [5, 5.41) is 7.66. The molecule has 4 fully saturated rings. The zero-order chi connectivity index (χ0) is 47.0. The highest BCUT2D eigenvalue weighted by Gasteiger charge is 2.32. The third kappa shape index (κ3) is 8.53. The van der Waals surface area contributed by atoms with Crippen LogP contribution in [0.1, 0.15) is 140 Å². The lowest BCUT2D eigenvalue weighted by atomic mass is 9.88. The van der Waals surface area contributed by atoms with Crippen LogP contribution in [0.15, 0.2) is 134 Å². The molecule has 2 heterocycles. The molecular weight excluding hydrogens is 853 g/mol. The van der Waals surface area contributed by atoms with Gasteiger partial charge in [0.25, 0.3) is 0 Å². The van der Waals surface area contributed by atoms with Gasteiger partial charge in [0, 0.05) is 70.1 Å². The molecule has 0 saturated heterocycles. The molecular formula is C64H72N6. The Balaban J connectivity index is 0.983. The van der Waals surface area contributed by atoms with Gasteiger partial charge in [-0.1, -0.05) is 113 Å². The van der Waals surface area contributed by atoms with Crippen LogP contribution >= 0.6 is 0 Å². The van der Waals surface area contributed by atoms with Crippen LogP contribution in [-0.4, -0.2) is 34.1 Å². The topological polar surface area (TPSA) is 38.7 Å². The molecule has 0 N–H and O–H groups in total. The average Bonchev–Trinajstić information content (AvgIpc) is 3.42. The van der Waals surface area contributed by atoms with Crippen molar-refractivity contribution in [1.82, 2.24) is 9.97 Å². The molecule has 4 saturated carbocycles. The van der Waals surface area contributed by atoms with Gasteiger partial charge in [-0.05, 0) is 183 Å². The van der Waals surface area contributed by atoms with Crippen molar-refractivity contribution in [2.75, 3.05) is 19.6 Å². The van der Waals surface area contributed by atoms with E-state index in [2.05, 4.69) is 143 Å². The van der Waals surface area contributed by atoms with Crippen molar-refractivity contribution in [1.29, 1.82) is 0 Å². The molecule has 2 aromatic heterocycles. The largest absolute Gasteiger partial charge is 0.366 e. The lowest BCUT2D eigenvalue weighted by molar-refractivity contribution is 0.340. The van der Waals surface area contributed by atoms with Crippen LogP contribution in [0.25, 0.3) is 32.3 Å². The van der Waals surface area contributed by atoms with E-state index >= 15 is 0 Å². The second-order valence-corrected chi connectivity index (χ2v) is 21.6. The summed E-state index contributed by atoms with van der Waals surface area (Å²) >= 11 is 0. The van der Waals surface area contributed by atoms with Crippen molar-refractivity contribution in [3.8, 4) is 0 Å². The van der Waals surface area contributed by atoms with Gasteiger partial charge in [0.1, 0.15) is 11.6 Å². The van der Waals surface area contributed by atoms with E-state index in [-0.39, 0.29) is 0 Å². The Morgan fingerprint density at radius 1 is 0.343 bits per heavy atom. The first-order valence-electron chi connectivity index (χ1n) is 27.5. The summed E-state index contributed by atoms with van der Waals surface area (Å²) < 4.78 is 0. The van der Waals surface area contributed by atoms with Crippen LogP contribution in [0.5, 0.6) is 0 Å². The molecule has 4 aliphatic carbocycles. The highest BCUT2D eigenvalue weighted by Crippen LogP contribution is 2.49. The first-order chi connectivity index (χ1) is 34.6. The number of rotatable bonds is 12. The Morgan fingerprint density at radius 2 is 0.657 bits per heavy atom. The molecule has 6 nitrogen and oxygen atoms in total. The van der Waals surface area contributed by atoms with E-state index in [4.69, 9.17) is 9.97 Å². The van der Waals surface area contributed by atoms with E-state index < -0.39 is 0 Å². The smallest absolute Gasteiger partial charge is 0.137 e. The first kappa shape index (κ1) is 45.0. The third-order valence-corrected chi connectivity index (χ3v) is 17.2. The standard InChI is InChI=1S/C64H72N6/c1-45-43-59(69(61-27-15-17-41-65-61)53-33-29-51(30-34-53)67(47-19-7-3-8-20-47)48-21-9-4-10-22-48)57-40-38-56-46(2)44-60(58-39-37-55(45)63(57)64(56)58)70(62-28-16-18-42-66-62)54-35-31-52(32-36-54)68(49-23-11-5-12-24-49)50-25-13-6-14-26-50/h15-18,27-44,47-50H,3-14,19-26H2,1-2H3. The van der Waals surface area contributed by atoms with E-state index in [1.165, 1.54) is 183 Å². The number of aryl methyl sites for hydroxylation is 2. The van der Waals surface area contributed by atoms with Gasteiger partial charge >= 0.3 is 0 Å². The van der Waals surface area contributed by atoms with E-state index in [1.807, 2.05) is 24.5 Å². The lowest BCUT2D eigenvalue weighted by Gasteiger charge is -2.43. The molecule has 0 aliphatic heterocycles. The van der Waals surface area contributed by atoms with Crippen LogP contribution in [0.4, 0.5) is 45.8 Å². The number of nitrogens with zero attached hydrogens (tertiary/aromatic N) is 6. The van der Waals surface area contributed by atoms with Crippen molar-refractivity contribution in [3.05, 3.63) is 145 Å². The summed E-state index contributed by atoms with van der Waals surface area (Å²) in [5.74, 6) is 1.85. The van der Waals surface area contributed by atoms with Crippen molar-refractivity contribution >= 4 is 78.1 Å². The predicted molar refractivity (Wildman–Crippen MR) is 297 cm³/mol. The molecule has 8 aromatic rings. The Kier molecular flexibility index (Phi) is 12.8. The highest BCUT2D eigenvalue weighted by molar-refractivity contribution is 6.29. The number of hydrogen-bond acceptors (Lipinski definition) is 6. The fourth-order valence-electron chi connectivity index (χ4n) is 13.9. The van der Waals surface area contributed by atoms with Crippen molar-refractivity contribution in [3.63, 3.8) is 0 Å². The molecule has 4 aliphatic rings. The predicted octanol–water partition coefficient (Wildman–Crippen LogP) is 17.9. The molecule has 0 radical (unpaired) electrons. The molecule has 0 unspecified atom stereocenters. The summed E-state index contributed by atoms with van der Waals surface area (Å²) in [4.78, 5) is 20.7. The van der Waals surface area contributed by atoms with E-state index in [9.17, 15) is 0 Å². The highest BCUT2D eigenvalue weighted by atomic mass is 15.2. The summed E-state index contributed by atoms with van der Waals surface area (Å²) in [5.41, 5.74) is 9.87. The van der Waals surface area contributed by atoms with Crippen LogP contribution in [0.2, 0.25) is 0 Å². The van der Waals surface area contributed by atoms with Crippen LogP contribution in [0, 0.1) is 13.8 Å².